The zero-order valence-corrected chi connectivity index (χ0v) is 16.1. The van der Waals surface area contributed by atoms with Gasteiger partial charge in [-0.3, -0.25) is 0 Å². The van der Waals surface area contributed by atoms with Gasteiger partial charge in [-0.1, -0.05) is 70.5 Å². The van der Waals surface area contributed by atoms with Crippen LogP contribution in [0.4, 0.5) is 0 Å². The Morgan fingerprint density at radius 3 is 1.37 bits per heavy atom. The molecule has 0 unspecified atom stereocenters. The maximum Gasteiger partial charge on any atom is 0.0465 e. The lowest BCUT2D eigenvalue weighted by atomic mass is 10.2. The fraction of sp³-hybridized carbons (Fsp3) is 0. The Labute approximate surface area is 165 Å². The standard InChI is InChI=1S/C12H8BrN.C12H9N/c13-8-5-6-12-10(7-8)9-3-1-2-4-11(9)14-12;1-3-7-11-9(5-1)10-6-2-4-8-12(10)13-11/h1-7,14H;1-8,13H. The number of hydrogen-bond donors (Lipinski definition) is 2. The average molecular weight is 413 g/mol. The maximum atomic E-state index is 3.49. The second kappa shape index (κ2) is 6.60. The Balaban J connectivity index is 0.000000119. The minimum Gasteiger partial charge on any atom is -0.355 e. The van der Waals surface area contributed by atoms with Crippen molar-refractivity contribution in [2.75, 3.05) is 0 Å². The highest BCUT2D eigenvalue weighted by molar-refractivity contribution is 9.10. The minimum absolute atomic E-state index is 1.12. The number of fused-ring (bicyclic) bond motifs is 6. The number of halogens is 1. The highest BCUT2D eigenvalue weighted by Crippen LogP contribution is 2.27. The number of aromatic amines is 2. The van der Waals surface area contributed by atoms with E-state index < -0.39 is 0 Å². The van der Waals surface area contributed by atoms with Gasteiger partial charge in [-0.15, -0.1) is 0 Å². The minimum atomic E-state index is 1.12. The van der Waals surface area contributed by atoms with Crippen molar-refractivity contribution in [1.29, 1.82) is 0 Å². The summed E-state index contributed by atoms with van der Waals surface area (Å²) in [4.78, 5) is 6.76. The third kappa shape index (κ3) is 2.90. The lowest BCUT2D eigenvalue weighted by Gasteiger charge is -1.91. The van der Waals surface area contributed by atoms with E-state index in [9.17, 15) is 0 Å². The van der Waals surface area contributed by atoms with Crippen molar-refractivity contribution in [3.8, 4) is 0 Å². The molecule has 3 heteroatoms. The molecule has 6 rings (SSSR count). The van der Waals surface area contributed by atoms with Crippen molar-refractivity contribution in [2.24, 2.45) is 0 Å². The van der Waals surface area contributed by atoms with Crippen LogP contribution in [-0.4, -0.2) is 9.97 Å². The van der Waals surface area contributed by atoms with Crippen LogP contribution in [0.25, 0.3) is 43.6 Å². The highest BCUT2D eigenvalue weighted by atomic mass is 79.9. The summed E-state index contributed by atoms with van der Waals surface area (Å²) in [6.45, 7) is 0. The summed E-state index contributed by atoms with van der Waals surface area (Å²) in [7, 11) is 0. The molecule has 2 nitrogen and oxygen atoms in total. The van der Waals surface area contributed by atoms with Gasteiger partial charge in [0.25, 0.3) is 0 Å². The lowest BCUT2D eigenvalue weighted by Crippen LogP contribution is -1.66. The van der Waals surface area contributed by atoms with Gasteiger partial charge in [-0.2, -0.15) is 0 Å². The normalized spacial score (nSPS) is 11.1. The van der Waals surface area contributed by atoms with Crippen LogP contribution >= 0.6 is 15.9 Å². The van der Waals surface area contributed by atoms with Gasteiger partial charge in [0.1, 0.15) is 0 Å². The topological polar surface area (TPSA) is 31.6 Å². The van der Waals surface area contributed by atoms with Gasteiger partial charge in [0.15, 0.2) is 0 Å². The van der Waals surface area contributed by atoms with Crippen LogP contribution in [0.3, 0.4) is 0 Å². The molecule has 0 aliphatic carbocycles. The summed E-state index contributed by atoms with van der Waals surface area (Å²) in [5.41, 5.74) is 4.81. The van der Waals surface area contributed by atoms with Crippen molar-refractivity contribution in [3.63, 3.8) is 0 Å². The predicted molar refractivity (Wildman–Crippen MR) is 119 cm³/mol. The fourth-order valence-electron chi connectivity index (χ4n) is 3.62. The first-order valence-corrected chi connectivity index (χ1v) is 9.70. The maximum absolute atomic E-state index is 3.49. The SMILES string of the molecule is Brc1ccc2[nH]c3ccccc3c2c1.c1ccc2c(c1)[nH]c1ccccc12. The lowest BCUT2D eigenvalue weighted by molar-refractivity contribution is 1.54. The molecule has 0 saturated heterocycles. The molecule has 0 saturated carbocycles. The van der Waals surface area contributed by atoms with Gasteiger partial charge in [0.05, 0.1) is 0 Å². The zero-order valence-electron chi connectivity index (χ0n) is 14.5. The second-order valence-electron chi connectivity index (χ2n) is 6.58. The van der Waals surface area contributed by atoms with E-state index in [0.717, 1.165) is 4.47 Å². The molecule has 0 amide bonds. The van der Waals surface area contributed by atoms with Crippen molar-refractivity contribution in [2.45, 2.75) is 0 Å². The van der Waals surface area contributed by atoms with Crippen LogP contribution in [0.5, 0.6) is 0 Å². The number of hydrogen-bond acceptors (Lipinski definition) is 0. The van der Waals surface area contributed by atoms with Gasteiger partial charge in [0, 0.05) is 48.1 Å². The Morgan fingerprint density at radius 2 is 0.852 bits per heavy atom. The van der Waals surface area contributed by atoms with Crippen molar-refractivity contribution < 1.29 is 0 Å². The van der Waals surface area contributed by atoms with E-state index in [0.29, 0.717) is 0 Å². The number of benzene rings is 4. The third-order valence-corrected chi connectivity index (χ3v) is 5.38. The first-order valence-electron chi connectivity index (χ1n) is 8.91. The number of nitrogens with one attached hydrogen (secondary N) is 2. The zero-order chi connectivity index (χ0) is 18.2. The van der Waals surface area contributed by atoms with E-state index in [2.05, 4.69) is 111 Å². The van der Waals surface area contributed by atoms with Crippen LogP contribution in [0.15, 0.2) is 95.5 Å². The molecule has 0 aliphatic heterocycles. The number of rotatable bonds is 0. The molecule has 6 aromatic rings. The van der Waals surface area contributed by atoms with Crippen molar-refractivity contribution >= 4 is 59.5 Å². The van der Waals surface area contributed by atoms with Gasteiger partial charge in [-0.25, -0.2) is 0 Å². The van der Waals surface area contributed by atoms with Crippen molar-refractivity contribution in [1.82, 2.24) is 9.97 Å². The van der Waals surface area contributed by atoms with Crippen LogP contribution in [-0.2, 0) is 0 Å². The monoisotopic (exact) mass is 412 g/mol. The molecule has 0 spiro atoms. The fourth-order valence-corrected chi connectivity index (χ4v) is 3.98. The molecule has 0 bridgehead atoms. The van der Waals surface area contributed by atoms with E-state index in [1.807, 2.05) is 6.07 Å². The predicted octanol–water partition coefficient (Wildman–Crippen LogP) is 7.40. The van der Waals surface area contributed by atoms with Crippen LogP contribution in [0, 0.1) is 0 Å². The quantitative estimate of drug-likeness (QED) is 0.260. The summed E-state index contributed by atoms with van der Waals surface area (Å²) < 4.78 is 1.12. The molecule has 2 N–H and O–H groups in total. The smallest absolute Gasteiger partial charge is 0.0465 e. The average Bonchev–Trinajstić information content (AvgIpc) is 3.26. The van der Waals surface area contributed by atoms with Gasteiger partial charge in [0.2, 0.25) is 0 Å². The van der Waals surface area contributed by atoms with E-state index >= 15 is 0 Å². The van der Waals surface area contributed by atoms with E-state index in [1.165, 1.54) is 43.6 Å². The van der Waals surface area contributed by atoms with Gasteiger partial charge < -0.3 is 9.97 Å². The summed E-state index contributed by atoms with van der Waals surface area (Å²) in [5.74, 6) is 0. The summed E-state index contributed by atoms with van der Waals surface area (Å²) in [6.07, 6.45) is 0. The van der Waals surface area contributed by atoms with E-state index in [-0.39, 0.29) is 0 Å². The molecule has 0 radical (unpaired) electrons. The first kappa shape index (κ1) is 16.2. The van der Waals surface area contributed by atoms with Gasteiger partial charge in [-0.05, 0) is 36.4 Å². The molecule has 2 aromatic heterocycles. The molecule has 4 aromatic carbocycles. The van der Waals surface area contributed by atoms with E-state index in [4.69, 9.17) is 0 Å². The van der Waals surface area contributed by atoms with Crippen LogP contribution in [0.1, 0.15) is 0 Å². The molecular formula is C24H17BrN2. The summed E-state index contributed by atoms with van der Waals surface area (Å²) in [6, 6.07) is 31.4. The van der Waals surface area contributed by atoms with Gasteiger partial charge >= 0.3 is 0 Å². The molecular weight excluding hydrogens is 396 g/mol. The molecule has 0 aliphatic rings. The Morgan fingerprint density at radius 1 is 0.444 bits per heavy atom. The third-order valence-electron chi connectivity index (χ3n) is 4.88. The highest BCUT2D eigenvalue weighted by Gasteiger charge is 2.02. The second-order valence-corrected chi connectivity index (χ2v) is 7.49. The Bertz CT molecular complexity index is 1340. The molecule has 130 valence electrons. The van der Waals surface area contributed by atoms with Crippen molar-refractivity contribution in [3.05, 3.63) is 95.5 Å². The molecule has 27 heavy (non-hydrogen) atoms. The van der Waals surface area contributed by atoms with Crippen LogP contribution in [0.2, 0.25) is 0 Å². The number of H-pyrrole nitrogens is 2. The summed E-state index contributed by atoms with van der Waals surface area (Å²) in [5, 5.41) is 5.16. The molecule has 0 fully saturated rings. The Kier molecular flexibility index (Phi) is 3.95. The summed E-state index contributed by atoms with van der Waals surface area (Å²) >= 11 is 3.49. The molecule has 2 heterocycles. The number of aromatic nitrogens is 2. The Hall–Kier alpha value is -3.04. The molecule has 0 atom stereocenters. The largest absolute Gasteiger partial charge is 0.355 e. The number of para-hydroxylation sites is 3. The van der Waals surface area contributed by atoms with E-state index in [1.54, 1.807) is 0 Å². The first-order chi connectivity index (χ1) is 13.3. The van der Waals surface area contributed by atoms with Crippen LogP contribution < -0.4 is 0 Å².